The van der Waals surface area contributed by atoms with Crippen LogP contribution in [0.1, 0.15) is 18.9 Å². The van der Waals surface area contributed by atoms with Crippen molar-refractivity contribution in [2.75, 3.05) is 18.4 Å². The number of carbonyl (C=O) groups is 1. The summed E-state index contributed by atoms with van der Waals surface area (Å²) in [5.74, 6) is 0.0494. The monoisotopic (exact) mass is 438 g/mol. The molecule has 4 rings (SSSR count). The number of fused-ring (bicyclic) bond motifs is 1. The van der Waals surface area contributed by atoms with Gasteiger partial charge in [-0.1, -0.05) is 35.9 Å². The third kappa shape index (κ3) is 5.73. The molecule has 0 saturated carbocycles. The van der Waals surface area contributed by atoms with Crippen molar-refractivity contribution in [1.29, 1.82) is 0 Å². The van der Waals surface area contributed by atoms with E-state index in [1.54, 1.807) is 19.2 Å². The largest absolute Gasteiger partial charge is 0.380 e. The number of hydrogen-bond acceptors (Lipinski definition) is 4. The van der Waals surface area contributed by atoms with Gasteiger partial charge < -0.3 is 14.8 Å². The van der Waals surface area contributed by atoms with E-state index in [2.05, 4.69) is 10.3 Å². The third-order valence-electron chi connectivity index (χ3n) is 5.17. The lowest BCUT2D eigenvalue weighted by molar-refractivity contribution is -0.125. The quantitative estimate of drug-likeness (QED) is 0.623. The van der Waals surface area contributed by atoms with E-state index in [0.29, 0.717) is 17.4 Å². The summed E-state index contributed by atoms with van der Waals surface area (Å²) in [5, 5.41) is 4.85. The Morgan fingerprint density at radius 2 is 2.03 bits per heavy atom. The smallest absolute Gasteiger partial charge is 0.260 e. The van der Waals surface area contributed by atoms with Gasteiger partial charge in [-0.25, -0.2) is 4.98 Å². The standard InChI is InChI=1S/C17H20N4O2.C7H7Cl/c1-3-4-16(22)21-8-7-13(10-21)19-12-5-6-15-14(9-12)17(23)20(2)11-18-15;1-6-4-2-3-5-7(6)8/h3-6,9,11,13,19H,7-8,10H2,1-2H3;2-5H,1H3/b4-3+;. The van der Waals surface area contributed by atoms with Crippen LogP contribution in [0.3, 0.4) is 0 Å². The highest BCUT2D eigenvalue weighted by Crippen LogP contribution is 2.19. The van der Waals surface area contributed by atoms with Crippen LogP contribution in [0.5, 0.6) is 0 Å². The molecule has 1 N–H and O–H groups in total. The zero-order chi connectivity index (χ0) is 22.4. The Bertz CT molecular complexity index is 1130. The van der Waals surface area contributed by atoms with E-state index in [9.17, 15) is 9.59 Å². The fourth-order valence-electron chi connectivity index (χ4n) is 3.41. The molecular weight excluding hydrogens is 412 g/mol. The lowest BCUT2D eigenvalue weighted by Crippen LogP contribution is -2.30. The molecule has 1 aliphatic rings. The summed E-state index contributed by atoms with van der Waals surface area (Å²) in [6.07, 6.45) is 5.77. The molecule has 1 atom stereocenters. The third-order valence-corrected chi connectivity index (χ3v) is 5.60. The summed E-state index contributed by atoms with van der Waals surface area (Å²) in [5.41, 5.74) is 2.65. The fraction of sp³-hybridized carbons (Fsp3) is 0.292. The highest BCUT2D eigenvalue weighted by molar-refractivity contribution is 6.31. The van der Waals surface area contributed by atoms with Crippen LogP contribution in [0.25, 0.3) is 10.9 Å². The Labute approximate surface area is 187 Å². The normalized spacial score (nSPS) is 15.7. The molecule has 7 heteroatoms. The fourth-order valence-corrected chi connectivity index (χ4v) is 3.55. The predicted molar refractivity (Wildman–Crippen MR) is 127 cm³/mol. The molecule has 31 heavy (non-hydrogen) atoms. The average molecular weight is 439 g/mol. The maximum absolute atomic E-state index is 12.2. The molecule has 6 nitrogen and oxygen atoms in total. The molecule has 0 aliphatic carbocycles. The van der Waals surface area contributed by atoms with Crippen molar-refractivity contribution in [1.82, 2.24) is 14.5 Å². The van der Waals surface area contributed by atoms with Gasteiger partial charge in [-0.15, -0.1) is 0 Å². The lowest BCUT2D eigenvalue weighted by atomic mass is 10.2. The van der Waals surface area contributed by atoms with Crippen molar-refractivity contribution in [3.8, 4) is 0 Å². The number of allylic oxidation sites excluding steroid dienone is 1. The number of rotatable bonds is 3. The maximum atomic E-state index is 12.2. The Morgan fingerprint density at radius 1 is 1.26 bits per heavy atom. The van der Waals surface area contributed by atoms with E-state index < -0.39 is 0 Å². The Kier molecular flexibility index (Phi) is 7.47. The number of likely N-dealkylation sites (tertiary alicyclic amines) is 1. The van der Waals surface area contributed by atoms with Crippen molar-refractivity contribution < 1.29 is 4.79 Å². The molecule has 0 bridgehead atoms. The molecule has 1 aromatic heterocycles. The van der Waals surface area contributed by atoms with Crippen LogP contribution >= 0.6 is 11.6 Å². The predicted octanol–water partition coefficient (Wildman–Crippen LogP) is 4.17. The van der Waals surface area contributed by atoms with E-state index in [0.717, 1.165) is 29.2 Å². The van der Waals surface area contributed by atoms with E-state index in [-0.39, 0.29) is 17.5 Å². The minimum absolute atomic E-state index is 0.0494. The number of aryl methyl sites for hydroxylation is 2. The summed E-state index contributed by atoms with van der Waals surface area (Å²) in [6.45, 7) is 5.25. The summed E-state index contributed by atoms with van der Waals surface area (Å²) >= 11 is 5.71. The molecule has 0 radical (unpaired) electrons. The molecular formula is C24H27ClN4O2. The summed E-state index contributed by atoms with van der Waals surface area (Å²) in [4.78, 5) is 30.1. The SMILES string of the molecule is C/C=C/C(=O)N1CCC(Nc2ccc3ncn(C)c(=O)c3c2)C1.Cc1ccccc1Cl. The molecule has 1 aliphatic heterocycles. The molecule has 1 saturated heterocycles. The van der Waals surface area contributed by atoms with Crippen LogP contribution in [0.4, 0.5) is 5.69 Å². The van der Waals surface area contributed by atoms with Crippen molar-refractivity contribution in [3.05, 3.63) is 81.9 Å². The van der Waals surface area contributed by atoms with Gasteiger partial charge in [-0.3, -0.25) is 9.59 Å². The van der Waals surface area contributed by atoms with Gasteiger partial charge >= 0.3 is 0 Å². The van der Waals surface area contributed by atoms with Gasteiger partial charge in [0, 0.05) is 36.9 Å². The van der Waals surface area contributed by atoms with Gasteiger partial charge in [0.25, 0.3) is 5.56 Å². The number of aromatic nitrogens is 2. The molecule has 2 heterocycles. The average Bonchev–Trinajstić information content (AvgIpc) is 3.23. The van der Waals surface area contributed by atoms with Crippen molar-refractivity contribution >= 4 is 34.1 Å². The van der Waals surface area contributed by atoms with Crippen LogP contribution in [-0.4, -0.2) is 39.5 Å². The van der Waals surface area contributed by atoms with Crippen LogP contribution in [0, 0.1) is 6.92 Å². The summed E-state index contributed by atoms with van der Waals surface area (Å²) in [6, 6.07) is 13.6. The molecule has 162 valence electrons. The van der Waals surface area contributed by atoms with Gasteiger partial charge in [0.15, 0.2) is 0 Å². The maximum Gasteiger partial charge on any atom is 0.260 e. The lowest BCUT2D eigenvalue weighted by Gasteiger charge is -2.16. The van der Waals surface area contributed by atoms with Gasteiger partial charge in [0.1, 0.15) is 0 Å². The second-order valence-electron chi connectivity index (χ2n) is 7.56. The topological polar surface area (TPSA) is 67.2 Å². The summed E-state index contributed by atoms with van der Waals surface area (Å²) < 4.78 is 1.47. The molecule has 1 amide bonds. The molecule has 0 spiro atoms. The van der Waals surface area contributed by atoms with Crippen LogP contribution < -0.4 is 10.9 Å². The van der Waals surface area contributed by atoms with E-state index in [4.69, 9.17) is 11.6 Å². The number of amides is 1. The number of benzene rings is 2. The van der Waals surface area contributed by atoms with Gasteiger partial charge in [0.05, 0.1) is 17.2 Å². The van der Waals surface area contributed by atoms with Crippen LogP contribution in [0.15, 0.2) is 65.7 Å². The Morgan fingerprint density at radius 3 is 2.71 bits per heavy atom. The number of halogens is 1. The van der Waals surface area contributed by atoms with Gasteiger partial charge in [-0.2, -0.15) is 0 Å². The van der Waals surface area contributed by atoms with Crippen molar-refractivity contribution in [3.63, 3.8) is 0 Å². The highest BCUT2D eigenvalue weighted by Gasteiger charge is 2.24. The van der Waals surface area contributed by atoms with Crippen molar-refractivity contribution in [2.45, 2.75) is 26.3 Å². The second-order valence-corrected chi connectivity index (χ2v) is 7.96. The molecule has 1 fully saturated rings. The van der Waals surface area contributed by atoms with Crippen LogP contribution in [0.2, 0.25) is 5.02 Å². The van der Waals surface area contributed by atoms with E-state index >= 15 is 0 Å². The number of anilines is 1. The summed E-state index contributed by atoms with van der Waals surface area (Å²) in [7, 11) is 1.69. The zero-order valence-electron chi connectivity index (χ0n) is 18.0. The number of hydrogen-bond donors (Lipinski definition) is 1. The molecule has 1 unspecified atom stereocenters. The van der Waals surface area contributed by atoms with Gasteiger partial charge in [0.2, 0.25) is 5.91 Å². The first kappa shape index (κ1) is 22.6. The Balaban J connectivity index is 0.000000287. The second kappa shape index (κ2) is 10.3. The van der Waals surface area contributed by atoms with E-state index in [1.807, 2.05) is 61.2 Å². The zero-order valence-corrected chi connectivity index (χ0v) is 18.8. The Hall–Kier alpha value is -3.12. The van der Waals surface area contributed by atoms with Gasteiger partial charge in [-0.05, 0) is 56.2 Å². The first-order chi connectivity index (χ1) is 14.9. The number of carbonyl (C=O) groups excluding carboxylic acids is 1. The number of nitrogens with zero attached hydrogens (tertiary/aromatic N) is 3. The van der Waals surface area contributed by atoms with E-state index in [1.165, 1.54) is 10.9 Å². The van der Waals surface area contributed by atoms with Crippen LogP contribution in [-0.2, 0) is 11.8 Å². The molecule has 3 aromatic rings. The number of nitrogens with one attached hydrogen (secondary N) is 1. The minimum Gasteiger partial charge on any atom is -0.380 e. The highest BCUT2D eigenvalue weighted by atomic mass is 35.5. The molecule has 2 aromatic carbocycles. The first-order valence-electron chi connectivity index (χ1n) is 10.2. The first-order valence-corrected chi connectivity index (χ1v) is 10.6. The van der Waals surface area contributed by atoms with Crippen molar-refractivity contribution in [2.24, 2.45) is 7.05 Å². The minimum atomic E-state index is -0.0602.